The van der Waals surface area contributed by atoms with Crippen LogP contribution < -0.4 is 5.32 Å². The lowest BCUT2D eigenvalue weighted by Gasteiger charge is -2.02. The number of thiophene rings is 1. The summed E-state index contributed by atoms with van der Waals surface area (Å²) in [5, 5.41) is 12.0. The van der Waals surface area contributed by atoms with E-state index in [0.29, 0.717) is 0 Å². The van der Waals surface area contributed by atoms with Crippen LogP contribution in [0.5, 0.6) is 0 Å². The summed E-state index contributed by atoms with van der Waals surface area (Å²) in [5.74, 6) is -0.781. The lowest BCUT2D eigenvalue weighted by atomic mass is 10.3. The highest BCUT2D eigenvalue weighted by Gasteiger charge is 2.04. The molecule has 100 valence electrons. The predicted molar refractivity (Wildman–Crippen MR) is 75.3 cm³/mol. The van der Waals surface area contributed by atoms with Gasteiger partial charge in [0.2, 0.25) is 0 Å². The molecule has 0 bridgehead atoms. The highest BCUT2D eigenvalue weighted by Crippen LogP contribution is 2.16. The third-order valence-corrected chi connectivity index (χ3v) is 3.71. The van der Waals surface area contributed by atoms with Crippen molar-refractivity contribution in [3.63, 3.8) is 0 Å². The molecule has 0 aromatic carbocycles. The van der Waals surface area contributed by atoms with Crippen LogP contribution in [-0.2, 0) is 24.2 Å². The summed E-state index contributed by atoms with van der Waals surface area (Å²) >= 11 is 1.55. The van der Waals surface area contributed by atoms with Gasteiger partial charge in [-0.2, -0.15) is 0 Å². The summed E-state index contributed by atoms with van der Waals surface area (Å²) in [7, 11) is 0. The number of carboxylic acids is 1. The average molecular weight is 276 g/mol. The van der Waals surface area contributed by atoms with Crippen molar-refractivity contribution < 1.29 is 9.90 Å². The van der Waals surface area contributed by atoms with Gasteiger partial charge in [0.05, 0.1) is 6.42 Å². The summed E-state index contributed by atoms with van der Waals surface area (Å²) in [6.07, 6.45) is 2.81. The molecule has 0 spiro atoms. The van der Waals surface area contributed by atoms with Crippen LogP contribution >= 0.6 is 11.3 Å². The topological polar surface area (TPSA) is 62.2 Å². The Morgan fingerprint density at radius 3 is 2.84 bits per heavy atom. The molecule has 0 aliphatic rings. The Balaban J connectivity index is 1.71. The van der Waals surface area contributed by atoms with Crippen molar-refractivity contribution in [2.24, 2.45) is 0 Å². The first-order valence-electron chi connectivity index (χ1n) is 6.14. The molecule has 0 aliphatic carbocycles. The Morgan fingerprint density at radius 2 is 2.11 bits per heavy atom. The van der Waals surface area contributed by atoms with E-state index in [1.54, 1.807) is 17.5 Å². The lowest BCUT2D eigenvalue weighted by Crippen LogP contribution is -2.16. The lowest BCUT2D eigenvalue weighted by molar-refractivity contribution is -0.136. The summed E-state index contributed by atoms with van der Waals surface area (Å²) in [6.45, 7) is 1.64. The molecule has 0 radical (unpaired) electrons. The molecule has 0 saturated heterocycles. The molecule has 0 aliphatic heterocycles. The van der Waals surface area contributed by atoms with Crippen molar-refractivity contribution in [3.8, 4) is 0 Å². The van der Waals surface area contributed by atoms with Gasteiger partial charge in [0.15, 0.2) is 0 Å². The zero-order chi connectivity index (χ0) is 13.5. The van der Waals surface area contributed by atoms with Crippen molar-refractivity contribution in [2.45, 2.75) is 19.4 Å². The number of pyridine rings is 1. The van der Waals surface area contributed by atoms with Gasteiger partial charge in [0.25, 0.3) is 0 Å². The fourth-order valence-corrected chi connectivity index (χ4v) is 2.71. The molecule has 0 atom stereocenters. The molecule has 2 aromatic rings. The minimum Gasteiger partial charge on any atom is -0.481 e. The van der Waals surface area contributed by atoms with Crippen molar-refractivity contribution in [1.29, 1.82) is 0 Å². The van der Waals surface area contributed by atoms with E-state index in [9.17, 15) is 4.79 Å². The Kier molecular flexibility index (Phi) is 5.06. The van der Waals surface area contributed by atoms with E-state index in [1.807, 2.05) is 30.3 Å². The number of rotatable bonds is 7. The average Bonchev–Trinajstić information content (AvgIpc) is 2.83. The molecule has 19 heavy (non-hydrogen) atoms. The fraction of sp³-hybridized carbons (Fsp3) is 0.286. The van der Waals surface area contributed by atoms with Gasteiger partial charge in [0.1, 0.15) is 0 Å². The van der Waals surface area contributed by atoms with Crippen LogP contribution in [0.15, 0.2) is 36.5 Å². The molecule has 2 heterocycles. The van der Waals surface area contributed by atoms with Crippen LogP contribution in [0, 0.1) is 0 Å². The molecular weight excluding hydrogens is 260 g/mol. The Morgan fingerprint density at radius 1 is 1.26 bits per heavy atom. The van der Waals surface area contributed by atoms with Gasteiger partial charge < -0.3 is 10.4 Å². The van der Waals surface area contributed by atoms with Gasteiger partial charge in [-0.15, -0.1) is 11.3 Å². The molecule has 5 heteroatoms. The SMILES string of the molecule is O=C(O)Cc1ccc(CNCCc2ccccn2)s1. The van der Waals surface area contributed by atoms with Gasteiger partial charge in [-0.05, 0) is 24.3 Å². The highest BCUT2D eigenvalue weighted by molar-refractivity contribution is 7.12. The second-order valence-corrected chi connectivity index (χ2v) is 5.44. The minimum atomic E-state index is -0.781. The van der Waals surface area contributed by atoms with Crippen LogP contribution in [0.2, 0.25) is 0 Å². The van der Waals surface area contributed by atoms with Crippen molar-refractivity contribution in [1.82, 2.24) is 10.3 Å². The number of aliphatic carboxylic acids is 1. The zero-order valence-electron chi connectivity index (χ0n) is 10.5. The molecule has 2 aromatic heterocycles. The monoisotopic (exact) mass is 276 g/mol. The fourth-order valence-electron chi connectivity index (χ4n) is 1.74. The van der Waals surface area contributed by atoms with Crippen LogP contribution in [0.25, 0.3) is 0 Å². The molecule has 0 saturated carbocycles. The van der Waals surface area contributed by atoms with Gasteiger partial charge in [0, 0.05) is 41.2 Å². The largest absolute Gasteiger partial charge is 0.481 e. The molecule has 0 unspecified atom stereocenters. The molecule has 4 nitrogen and oxygen atoms in total. The van der Waals surface area contributed by atoms with Crippen LogP contribution in [0.4, 0.5) is 0 Å². The highest BCUT2D eigenvalue weighted by atomic mass is 32.1. The number of hydrogen-bond acceptors (Lipinski definition) is 4. The maximum Gasteiger partial charge on any atom is 0.308 e. The Bertz CT molecular complexity index is 525. The number of nitrogens with one attached hydrogen (secondary N) is 1. The van der Waals surface area contributed by atoms with E-state index in [2.05, 4.69) is 10.3 Å². The number of aromatic nitrogens is 1. The first kappa shape index (κ1) is 13.7. The molecule has 2 N–H and O–H groups in total. The van der Waals surface area contributed by atoms with Crippen LogP contribution in [0.3, 0.4) is 0 Å². The van der Waals surface area contributed by atoms with Gasteiger partial charge >= 0.3 is 5.97 Å². The van der Waals surface area contributed by atoms with Crippen molar-refractivity contribution in [2.75, 3.05) is 6.54 Å². The summed E-state index contributed by atoms with van der Waals surface area (Å²) in [4.78, 5) is 16.9. The smallest absolute Gasteiger partial charge is 0.308 e. The van der Waals surface area contributed by atoms with E-state index >= 15 is 0 Å². The summed E-state index contributed by atoms with van der Waals surface area (Å²) in [6, 6.07) is 9.77. The summed E-state index contributed by atoms with van der Waals surface area (Å²) < 4.78 is 0. The van der Waals surface area contributed by atoms with Crippen LogP contribution in [-0.4, -0.2) is 22.6 Å². The first-order valence-corrected chi connectivity index (χ1v) is 6.95. The van der Waals surface area contributed by atoms with Gasteiger partial charge in [-0.1, -0.05) is 6.07 Å². The Labute approximate surface area is 116 Å². The predicted octanol–water partition coefficient (Wildman–Crippen LogP) is 2.10. The van der Waals surface area contributed by atoms with E-state index < -0.39 is 5.97 Å². The molecule has 2 rings (SSSR count). The maximum absolute atomic E-state index is 10.6. The third kappa shape index (κ3) is 4.81. The quantitative estimate of drug-likeness (QED) is 0.760. The van der Waals surface area contributed by atoms with E-state index in [0.717, 1.165) is 35.0 Å². The normalized spacial score (nSPS) is 10.5. The molecule has 0 amide bonds. The van der Waals surface area contributed by atoms with Gasteiger partial charge in [-0.3, -0.25) is 9.78 Å². The second-order valence-electron chi connectivity index (χ2n) is 4.19. The summed E-state index contributed by atoms with van der Waals surface area (Å²) in [5.41, 5.74) is 1.08. The van der Waals surface area contributed by atoms with Crippen molar-refractivity contribution in [3.05, 3.63) is 52.0 Å². The maximum atomic E-state index is 10.6. The molecule has 0 fully saturated rings. The van der Waals surface area contributed by atoms with E-state index in [-0.39, 0.29) is 6.42 Å². The second kappa shape index (κ2) is 7.01. The number of carbonyl (C=O) groups is 1. The van der Waals surface area contributed by atoms with Crippen LogP contribution in [0.1, 0.15) is 15.4 Å². The third-order valence-electron chi connectivity index (χ3n) is 2.63. The number of carboxylic acid groups (broad SMARTS) is 1. The van der Waals surface area contributed by atoms with E-state index in [4.69, 9.17) is 5.11 Å². The standard InChI is InChI=1S/C14H16N2O2S/c17-14(18)9-12-4-5-13(19-12)10-15-8-6-11-3-1-2-7-16-11/h1-5,7,15H,6,8-10H2,(H,17,18). The zero-order valence-corrected chi connectivity index (χ0v) is 11.3. The van der Waals surface area contributed by atoms with Gasteiger partial charge in [-0.25, -0.2) is 0 Å². The number of hydrogen-bond donors (Lipinski definition) is 2. The minimum absolute atomic E-state index is 0.110. The molecular formula is C14H16N2O2S. The number of nitrogens with zero attached hydrogens (tertiary/aromatic N) is 1. The van der Waals surface area contributed by atoms with E-state index in [1.165, 1.54) is 0 Å². The Hall–Kier alpha value is -1.72. The first-order chi connectivity index (χ1) is 9.24. The van der Waals surface area contributed by atoms with Crippen molar-refractivity contribution >= 4 is 17.3 Å².